The molecule has 4 amide bonds. The van der Waals surface area contributed by atoms with Crippen LogP contribution in [0.5, 0.6) is 0 Å². The molecule has 0 unspecified atom stereocenters. The van der Waals surface area contributed by atoms with E-state index in [1.165, 1.54) is 0 Å². The standard InChI is InChI=1S/C22H18F4N4O2/c23-17-10-4-9-16(22(24,25)26)19(17)28-21(32)30-13-5-12-29(30)20(31)27-18-11-3-7-14-6-1-2-8-15(14)18/h1-4,6-11H,5,12-13H2,(H,27,31)(H,28,32). The van der Waals surface area contributed by atoms with Crippen molar-refractivity contribution in [1.29, 1.82) is 0 Å². The lowest BCUT2D eigenvalue weighted by atomic mass is 10.1. The largest absolute Gasteiger partial charge is 0.418 e. The van der Waals surface area contributed by atoms with Crippen LogP contribution >= 0.6 is 0 Å². The van der Waals surface area contributed by atoms with E-state index in [9.17, 15) is 27.2 Å². The number of benzene rings is 3. The quantitative estimate of drug-likeness (QED) is 0.497. The van der Waals surface area contributed by atoms with Gasteiger partial charge in [0.05, 0.1) is 16.9 Å². The zero-order chi connectivity index (χ0) is 22.9. The van der Waals surface area contributed by atoms with E-state index < -0.39 is 35.3 Å². The summed E-state index contributed by atoms with van der Waals surface area (Å²) in [5, 5.41) is 8.46. The topological polar surface area (TPSA) is 64.7 Å². The maximum absolute atomic E-state index is 14.1. The summed E-state index contributed by atoms with van der Waals surface area (Å²) in [5.41, 5.74) is -1.77. The summed E-state index contributed by atoms with van der Waals surface area (Å²) in [6.07, 6.45) is -4.44. The molecule has 0 radical (unpaired) electrons. The number of urea groups is 2. The summed E-state index contributed by atoms with van der Waals surface area (Å²) in [6.45, 7) is 0.262. The second-order valence-electron chi connectivity index (χ2n) is 7.15. The highest BCUT2D eigenvalue weighted by molar-refractivity contribution is 6.02. The minimum absolute atomic E-state index is 0.0879. The molecule has 1 saturated heterocycles. The van der Waals surface area contributed by atoms with Crippen LogP contribution in [0.2, 0.25) is 0 Å². The van der Waals surface area contributed by atoms with Gasteiger partial charge in [-0.1, -0.05) is 42.5 Å². The fraction of sp³-hybridized carbons (Fsp3) is 0.182. The van der Waals surface area contributed by atoms with Crippen molar-refractivity contribution in [3.63, 3.8) is 0 Å². The van der Waals surface area contributed by atoms with Gasteiger partial charge in [-0.05, 0) is 30.0 Å². The number of nitrogens with one attached hydrogen (secondary N) is 2. The fourth-order valence-electron chi connectivity index (χ4n) is 3.61. The van der Waals surface area contributed by atoms with Crippen LogP contribution in [0.1, 0.15) is 12.0 Å². The summed E-state index contributed by atoms with van der Waals surface area (Å²) in [5.74, 6) is -1.22. The van der Waals surface area contributed by atoms with Crippen LogP contribution in [0.4, 0.5) is 38.5 Å². The number of rotatable bonds is 2. The number of hydrogen-bond acceptors (Lipinski definition) is 2. The van der Waals surface area contributed by atoms with Crippen molar-refractivity contribution in [3.05, 3.63) is 72.0 Å². The number of hydrazine groups is 1. The Kier molecular flexibility index (Phi) is 5.60. The Balaban J connectivity index is 1.54. The monoisotopic (exact) mass is 446 g/mol. The van der Waals surface area contributed by atoms with Gasteiger partial charge in [-0.25, -0.2) is 24.0 Å². The maximum atomic E-state index is 14.1. The van der Waals surface area contributed by atoms with E-state index in [4.69, 9.17) is 0 Å². The minimum Gasteiger partial charge on any atom is -0.306 e. The minimum atomic E-state index is -4.86. The van der Waals surface area contributed by atoms with E-state index in [0.29, 0.717) is 18.2 Å². The third kappa shape index (κ3) is 4.16. The molecule has 4 rings (SSSR count). The first-order chi connectivity index (χ1) is 15.3. The normalized spacial score (nSPS) is 14.0. The Morgan fingerprint density at radius 3 is 2.16 bits per heavy atom. The predicted octanol–water partition coefficient (Wildman–Crippen LogP) is 5.68. The van der Waals surface area contributed by atoms with Crippen molar-refractivity contribution in [3.8, 4) is 0 Å². The van der Waals surface area contributed by atoms with Gasteiger partial charge in [-0.15, -0.1) is 0 Å². The lowest BCUT2D eigenvalue weighted by Gasteiger charge is -2.28. The number of amides is 4. The number of nitrogens with zero attached hydrogens (tertiary/aromatic N) is 2. The first-order valence-corrected chi connectivity index (χ1v) is 9.76. The van der Waals surface area contributed by atoms with Crippen molar-refractivity contribution in [1.82, 2.24) is 10.0 Å². The van der Waals surface area contributed by atoms with Crippen LogP contribution in [0.25, 0.3) is 10.8 Å². The van der Waals surface area contributed by atoms with Crippen molar-refractivity contribution >= 4 is 34.2 Å². The van der Waals surface area contributed by atoms with Crippen LogP contribution in [0.15, 0.2) is 60.7 Å². The summed E-state index contributed by atoms with van der Waals surface area (Å²) < 4.78 is 53.8. The van der Waals surface area contributed by atoms with E-state index in [-0.39, 0.29) is 13.1 Å². The molecule has 0 atom stereocenters. The molecular formula is C22H18F4N4O2. The number of para-hydroxylation sites is 1. The average Bonchev–Trinajstić information content (AvgIpc) is 3.25. The molecule has 1 aliphatic rings. The Hall–Kier alpha value is -3.82. The number of carbonyl (C=O) groups is 2. The molecule has 0 saturated carbocycles. The smallest absolute Gasteiger partial charge is 0.306 e. The fourth-order valence-corrected chi connectivity index (χ4v) is 3.61. The molecule has 3 aromatic carbocycles. The third-order valence-electron chi connectivity index (χ3n) is 5.08. The molecule has 10 heteroatoms. The molecule has 6 nitrogen and oxygen atoms in total. The molecular weight excluding hydrogens is 428 g/mol. The van der Waals surface area contributed by atoms with Crippen LogP contribution in [0.3, 0.4) is 0 Å². The third-order valence-corrected chi connectivity index (χ3v) is 5.08. The number of carbonyl (C=O) groups excluding carboxylic acids is 2. The van der Waals surface area contributed by atoms with Gasteiger partial charge in [0.1, 0.15) is 5.82 Å². The van der Waals surface area contributed by atoms with Gasteiger partial charge in [0.25, 0.3) is 0 Å². The number of anilines is 2. The van der Waals surface area contributed by atoms with Gasteiger partial charge in [-0.2, -0.15) is 13.2 Å². The lowest BCUT2D eigenvalue weighted by Crippen LogP contribution is -2.48. The van der Waals surface area contributed by atoms with E-state index >= 15 is 0 Å². The van der Waals surface area contributed by atoms with Crippen molar-refractivity contribution < 1.29 is 27.2 Å². The first-order valence-electron chi connectivity index (χ1n) is 9.76. The summed E-state index contributed by atoms with van der Waals surface area (Å²) in [6, 6.07) is 13.5. The van der Waals surface area contributed by atoms with Crippen molar-refractivity contribution in [2.75, 3.05) is 23.7 Å². The second-order valence-corrected chi connectivity index (χ2v) is 7.15. The van der Waals surface area contributed by atoms with Gasteiger partial charge < -0.3 is 10.6 Å². The highest BCUT2D eigenvalue weighted by Crippen LogP contribution is 2.36. The molecule has 3 aromatic rings. The van der Waals surface area contributed by atoms with Crippen LogP contribution in [0, 0.1) is 5.82 Å². The Morgan fingerprint density at radius 1 is 0.812 bits per heavy atom. The molecule has 166 valence electrons. The summed E-state index contributed by atoms with van der Waals surface area (Å²) in [4.78, 5) is 25.5. The van der Waals surface area contributed by atoms with Gasteiger partial charge in [0.2, 0.25) is 0 Å². The second kappa shape index (κ2) is 8.37. The van der Waals surface area contributed by atoms with Crippen LogP contribution < -0.4 is 10.6 Å². The van der Waals surface area contributed by atoms with Gasteiger partial charge in [0.15, 0.2) is 0 Å². The predicted molar refractivity (Wildman–Crippen MR) is 111 cm³/mol. The molecule has 0 aliphatic carbocycles. The highest BCUT2D eigenvalue weighted by atomic mass is 19.4. The number of hydrogen-bond donors (Lipinski definition) is 2. The van der Waals surface area contributed by atoms with Gasteiger partial charge >= 0.3 is 18.2 Å². The first kappa shape index (κ1) is 21.4. The molecule has 1 aliphatic heterocycles. The lowest BCUT2D eigenvalue weighted by molar-refractivity contribution is -0.137. The average molecular weight is 446 g/mol. The molecule has 0 bridgehead atoms. The number of halogens is 4. The van der Waals surface area contributed by atoms with Crippen molar-refractivity contribution in [2.45, 2.75) is 12.6 Å². The summed E-state index contributed by atoms with van der Waals surface area (Å²) in [7, 11) is 0. The molecule has 2 N–H and O–H groups in total. The van der Waals surface area contributed by atoms with Gasteiger partial charge in [0, 0.05) is 18.5 Å². The number of fused-ring (bicyclic) bond motifs is 1. The maximum Gasteiger partial charge on any atom is 0.418 e. The Morgan fingerprint density at radius 2 is 1.44 bits per heavy atom. The summed E-state index contributed by atoms with van der Waals surface area (Å²) >= 11 is 0. The van der Waals surface area contributed by atoms with E-state index in [2.05, 4.69) is 5.32 Å². The molecule has 1 fully saturated rings. The number of alkyl halides is 3. The van der Waals surface area contributed by atoms with Gasteiger partial charge in [-0.3, -0.25) is 0 Å². The SMILES string of the molecule is O=C(Nc1c(F)cccc1C(F)(F)F)N1CCCN1C(=O)Nc1cccc2ccccc12. The van der Waals surface area contributed by atoms with Crippen LogP contribution in [-0.4, -0.2) is 35.2 Å². The highest BCUT2D eigenvalue weighted by Gasteiger charge is 2.37. The van der Waals surface area contributed by atoms with E-state index in [0.717, 1.165) is 32.9 Å². The van der Waals surface area contributed by atoms with E-state index in [1.807, 2.05) is 35.6 Å². The zero-order valence-corrected chi connectivity index (χ0v) is 16.6. The zero-order valence-electron chi connectivity index (χ0n) is 16.6. The van der Waals surface area contributed by atoms with E-state index in [1.54, 1.807) is 12.1 Å². The van der Waals surface area contributed by atoms with Crippen LogP contribution in [-0.2, 0) is 6.18 Å². The molecule has 0 spiro atoms. The molecule has 0 aromatic heterocycles. The Bertz CT molecular complexity index is 1180. The van der Waals surface area contributed by atoms with Crippen molar-refractivity contribution in [2.24, 2.45) is 0 Å². The molecule has 1 heterocycles. The Labute approximate surface area is 180 Å². The molecule has 32 heavy (non-hydrogen) atoms.